The monoisotopic (exact) mass is 466 g/mol. The minimum absolute atomic E-state index is 0.460. The van der Waals surface area contributed by atoms with Crippen molar-refractivity contribution in [3.05, 3.63) is 102 Å². The largest absolute Gasteiger partial charge is 0.499 e. The summed E-state index contributed by atoms with van der Waals surface area (Å²) in [4.78, 5) is 0. The SMILES string of the molecule is CC1(C)OB(c2c(OCc3ccccc3)ccc3ccc(OCc4ccccc4)cc23)OC1(C)C. The molecule has 1 heterocycles. The average molecular weight is 466 g/mol. The van der Waals surface area contributed by atoms with E-state index >= 15 is 0 Å². The molecule has 0 bridgehead atoms. The van der Waals surface area contributed by atoms with Crippen LogP contribution in [-0.4, -0.2) is 18.3 Å². The number of hydrogen-bond donors (Lipinski definition) is 0. The Bertz CT molecular complexity index is 1280. The summed E-state index contributed by atoms with van der Waals surface area (Å²) in [6, 6.07) is 30.6. The number of ether oxygens (including phenoxy) is 2. The highest BCUT2D eigenvalue weighted by molar-refractivity contribution is 6.66. The van der Waals surface area contributed by atoms with E-state index in [1.54, 1.807) is 0 Å². The molecule has 5 rings (SSSR count). The Morgan fingerprint density at radius 2 is 1.20 bits per heavy atom. The molecule has 178 valence electrons. The molecule has 0 saturated carbocycles. The summed E-state index contributed by atoms with van der Waals surface area (Å²) in [5.41, 5.74) is 2.20. The molecule has 0 aromatic heterocycles. The molecule has 0 atom stereocenters. The van der Waals surface area contributed by atoms with E-state index in [1.165, 1.54) is 0 Å². The Hall–Kier alpha value is -3.28. The quantitative estimate of drug-likeness (QED) is 0.300. The second kappa shape index (κ2) is 9.41. The standard InChI is InChI=1S/C30H31BO4/c1-29(2)30(3,4)35-31(34-29)28-26-19-25(32-20-22-11-7-5-8-12-22)17-15-24(26)16-18-27(28)33-21-23-13-9-6-10-14-23/h5-19H,20-21H2,1-4H3. The van der Waals surface area contributed by atoms with Gasteiger partial charge in [0.05, 0.1) is 11.2 Å². The summed E-state index contributed by atoms with van der Waals surface area (Å²) in [6.07, 6.45) is 0. The third kappa shape index (κ3) is 4.93. The van der Waals surface area contributed by atoms with Gasteiger partial charge in [0.15, 0.2) is 0 Å². The maximum atomic E-state index is 6.48. The van der Waals surface area contributed by atoms with Gasteiger partial charge in [0.1, 0.15) is 24.7 Å². The van der Waals surface area contributed by atoms with Crippen LogP contribution in [0.4, 0.5) is 0 Å². The zero-order valence-corrected chi connectivity index (χ0v) is 20.8. The predicted molar refractivity (Wildman–Crippen MR) is 141 cm³/mol. The van der Waals surface area contributed by atoms with E-state index < -0.39 is 18.3 Å². The lowest BCUT2D eigenvalue weighted by Crippen LogP contribution is -2.41. The maximum absolute atomic E-state index is 6.48. The van der Waals surface area contributed by atoms with Crippen molar-refractivity contribution >= 4 is 23.4 Å². The topological polar surface area (TPSA) is 36.9 Å². The highest BCUT2D eigenvalue weighted by Crippen LogP contribution is 2.38. The van der Waals surface area contributed by atoms with Crippen molar-refractivity contribution in [1.82, 2.24) is 0 Å². The van der Waals surface area contributed by atoms with Gasteiger partial charge in [-0.2, -0.15) is 0 Å². The Balaban J connectivity index is 1.52. The van der Waals surface area contributed by atoms with Gasteiger partial charge in [-0.05, 0) is 67.8 Å². The number of fused-ring (bicyclic) bond motifs is 1. The minimum atomic E-state index is -0.557. The van der Waals surface area contributed by atoms with E-state index in [9.17, 15) is 0 Å². The van der Waals surface area contributed by atoms with Crippen LogP contribution in [0.3, 0.4) is 0 Å². The van der Waals surface area contributed by atoms with Crippen molar-refractivity contribution in [2.75, 3.05) is 0 Å². The molecule has 5 heteroatoms. The maximum Gasteiger partial charge on any atom is 0.499 e. The third-order valence-corrected chi connectivity index (χ3v) is 6.97. The van der Waals surface area contributed by atoms with Gasteiger partial charge in [0.2, 0.25) is 0 Å². The van der Waals surface area contributed by atoms with Gasteiger partial charge in [0, 0.05) is 5.46 Å². The van der Waals surface area contributed by atoms with E-state index in [0.29, 0.717) is 13.2 Å². The average Bonchev–Trinajstić information content (AvgIpc) is 3.08. The van der Waals surface area contributed by atoms with Crippen LogP contribution in [-0.2, 0) is 22.5 Å². The highest BCUT2D eigenvalue weighted by Gasteiger charge is 2.53. The minimum Gasteiger partial charge on any atom is -0.489 e. The molecule has 0 radical (unpaired) electrons. The molecule has 4 aromatic rings. The van der Waals surface area contributed by atoms with Crippen molar-refractivity contribution in [1.29, 1.82) is 0 Å². The number of benzene rings is 4. The lowest BCUT2D eigenvalue weighted by Gasteiger charge is -2.32. The Labute approximate surface area is 207 Å². The first-order chi connectivity index (χ1) is 16.8. The summed E-state index contributed by atoms with van der Waals surface area (Å²) < 4.78 is 25.4. The molecule has 1 aliphatic heterocycles. The van der Waals surface area contributed by atoms with Gasteiger partial charge in [0.25, 0.3) is 0 Å². The van der Waals surface area contributed by atoms with Crippen molar-refractivity contribution in [2.24, 2.45) is 0 Å². The van der Waals surface area contributed by atoms with Gasteiger partial charge < -0.3 is 18.8 Å². The molecular weight excluding hydrogens is 435 g/mol. The normalized spacial score (nSPS) is 16.4. The lowest BCUT2D eigenvalue weighted by molar-refractivity contribution is 0.00578. The third-order valence-electron chi connectivity index (χ3n) is 6.97. The van der Waals surface area contributed by atoms with Crippen molar-refractivity contribution < 1.29 is 18.8 Å². The molecule has 4 nitrogen and oxygen atoms in total. The van der Waals surface area contributed by atoms with E-state index in [1.807, 2.05) is 48.5 Å². The van der Waals surface area contributed by atoms with Gasteiger partial charge in [-0.3, -0.25) is 0 Å². The fourth-order valence-corrected chi connectivity index (χ4v) is 4.20. The van der Waals surface area contributed by atoms with Gasteiger partial charge >= 0.3 is 7.12 Å². The van der Waals surface area contributed by atoms with Crippen molar-refractivity contribution in [2.45, 2.75) is 52.1 Å². The van der Waals surface area contributed by atoms with Crippen LogP contribution < -0.4 is 14.9 Å². The zero-order chi connectivity index (χ0) is 24.5. The van der Waals surface area contributed by atoms with Crippen LogP contribution in [0.2, 0.25) is 0 Å². The molecular formula is C30H31BO4. The van der Waals surface area contributed by atoms with Crippen molar-refractivity contribution in [3.63, 3.8) is 0 Å². The van der Waals surface area contributed by atoms with Gasteiger partial charge in [-0.25, -0.2) is 0 Å². The second-order valence-electron chi connectivity index (χ2n) is 10.00. The molecule has 35 heavy (non-hydrogen) atoms. The van der Waals surface area contributed by atoms with E-state index in [0.717, 1.165) is 38.9 Å². The lowest BCUT2D eigenvalue weighted by atomic mass is 9.75. The van der Waals surface area contributed by atoms with E-state index in [2.05, 4.69) is 70.2 Å². The fourth-order valence-electron chi connectivity index (χ4n) is 4.20. The fraction of sp³-hybridized carbons (Fsp3) is 0.267. The molecule has 1 aliphatic rings. The van der Waals surface area contributed by atoms with Crippen LogP contribution in [0.25, 0.3) is 10.8 Å². The summed E-state index contributed by atoms with van der Waals surface area (Å²) in [6.45, 7) is 9.23. The van der Waals surface area contributed by atoms with Crippen LogP contribution in [0, 0.1) is 0 Å². The van der Waals surface area contributed by atoms with Crippen molar-refractivity contribution in [3.8, 4) is 11.5 Å². The molecule has 0 spiro atoms. The molecule has 0 amide bonds. The van der Waals surface area contributed by atoms with Gasteiger partial charge in [-0.1, -0.05) is 72.8 Å². The van der Waals surface area contributed by atoms with Gasteiger partial charge in [-0.15, -0.1) is 0 Å². The first-order valence-corrected chi connectivity index (χ1v) is 12.1. The molecule has 0 unspecified atom stereocenters. The second-order valence-corrected chi connectivity index (χ2v) is 10.00. The van der Waals surface area contributed by atoms with E-state index in [-0.39, 0.29) is 0 Å². The predicted octanol–water partition coefficient (Wildman–Crippen LogP) is 6.30. The summed E-state index contributed by atoms with van der Waals surface area (Å²) >= 11 is 0. The Morgan fingerprint density at radius 3 is 1.80 bits per heavy atom. The molecule has 1 fully saturated rings. The molecule has 4 aromatic carbocycles. The van der Waals surface area contributed by atoms with Crippen LogP contribution >= 0.6 is 0 Å². The highest BCUT2D eigenvalue weighted by atomic mass is 16.7. The summed E-state index contributed by atoms with van der Waals surface area (Å²) in [5, 5.41) is 2.08. The summed E-state index contributed by atoms with van der Waals surface area (Å²) in [7, 11) is -0.557. The van der Waals surface area contributed by atoms with E-state index in [4.69, 9.17) is 18.8 Å². The Kier molecular flexibility index (Phi) is 6.31. The number of rotatable bonds is 7. The van der Waals surface area contributed by atoms with Crippen LogP contribution in [0.5, 0.6) is 11.5 Å². The first kappa shape index (κ1) is 23.5. The van der Waals surface area contributed by atoms with Crippen LogP contribution in [0.15, 0.2) is 91.0 Å². The Morgan fingerprint density at radius 1 is 0.657 bits per heavy atom. The smallest absolute Gasteiger partial charge is 0.489 e. The molecule has 0 N–H and O–H groups in total. The number of hydrogen-bond acceptors (Lipinski definition) is 4. The molecule has 1 saturated heterocycles. The zero-order valence-electron chi connectivity index (χ0n) is 20.8. The van der Waals surface area contributed by atoms with Crippen LogP contribution in [0.1, 0.15) is 38.8 Å². The molecule has 0 aliphatic carbocycles. The summed E-state index contributed by atoms with van der Waals surface area (Å²) in [5.74, 6) is 1.54. The first-order valence-electron chi connectivity index (χ1n) is 12.1.